The second-order valence-electron chi connectivity index (χ2n) is 6.37. The highest BCUT2D eigenvalue weighted by atomic mass is 32.1. The molecule has 24 heavy (non-hydrogen) atoms. The zero-order valence-corrected chi connectivity index (χ0v) is 14.6. The highest BCUT2D eigenvalue weighted by molar-refractivity contribution is 7.15. The molecular formula is C16H22N6OS. The van der Waals surface area contributed by atoms with Crippen molar-refractivity contribution in [3.05, 3.63) is 23.0 Å². The summed E-state index contributed by atoms with van der Waals surface area (Å²) in [7, 11) is 0. The molecule has 0 saturated carbocycles. The van der Waals surface area contributed by atoms with Crippen LogP contribution in [-0.4, -0.2) is 52.5 Å². The van der Waals surface area contributed by atoms with Gasteiger partial charge in [-0.2, -0.15) is 0 Å². The van der Waals surface area contributed by atoms with Gasteiger partial charge in [-0.3, -0.25) is 0 Å². The van der Waals surface area contributed by atoms with E-state index < -0.39 is 0 Å². The minimum atomic E-state index is 0.368. The normalized spacial score (nSPS) is 22.0. The lowest BCUT2D eigenvalue weighted by molar-refractivity contribution is 0.0845. The van der Waals surface area contributed by atoms with Crippen LogP contribution in [0.15, 0.2) is 12.3 Å². The van der Waals surface area contributed by atoms with Crippen molar-refractivity contribution in [3.8, 4) is 0 Å². The zero-order valence-electron chi connectivity index (χ0n) is 13.8. The second-order valence-corrected chi connectivity index (χ2v) is 7.55. The summed E-state index contributed by atoms with van der Waals surface area (Å²) in [5, 5.41) is 13.6. The van der Waals surface area contributed by atoms with E-state index in [1.807, 2.05) is 13.1 Å². The molecule has 0 bridgehead atoms. The van der Waals surface area contributed by atoms with Gasteiger partial charge in [0.15, 0.2) is 0 Å². The van der Waals surface area contributed by atoms with Crippen molar-refractivity contribution in [1.82, 2.24) is 20.2 Å². The van der Waals surface area contributed by atoms with Crippen LogP contribution in [0.2, 0.25) is 0 Å². The third-order valence-electron chi connectivity index (χ3n) is 4.63. The number of nitrogens with one attached hydrogen (secondary N) is 1. The lowest BCUT2D eigenvalue weighted by Gasteiger charge is -2.23. The van der Waals surface area contributed by atoms with Gasteiger partial charge in [-0.15, -0.1) is 10.2 Å². The molecule has 2 aromatic heterocycles. The van der Waals surface area contributed by atoms with Gasteiger partial charge in [-0.05, 0) is 32.3 Å². The number of rotatable bonds is 4. The Hall–Kier alpha value is -1.80. The Morgan fingerprint density at radius 2 is 2.12 bits per heavy atom. The molecule has 0 aromatic carbocycles. The molecule has 2 aliphatic heterocycles. The van der Waals surface area contributed by atoms with Crippen molar-refractivity contribution in [2.75, 3.05) is 36.5 Å². The van der Waals surface area contributed by atoms with Gasteiger partial charge in [0.25, 0.3) is 0 Å². The molecule has 0 spiro atoms. The number of nitrogens with zero attached hydrogens (tertiary/aromatic N) is 5. The van der Waals surface area contributed by atoms with Crippen LogP contribution in [0.4, 0.5) is 11.1 Å². The highest BCUT2D eigenvalue weighted by Crippen LogP contribution is 2.27. The van der Waals surface area contributed by atoms with E-state index >= 15 is 0 Å². The molecule has 2 aliphatic rings. The van der Waals surface area contributed by atoms with Gasteiger partial charge in [0.1, 0.15) is 5.01 Å². The van der Waals surface area contributed by atoms with Crippen LogP contribution in [0.3, 0.4) is 0 Å². The first-order valence-corrected chi connectivity index (χ1v) is 9.32. The molecule has 2 fully saturated rings. The second kappa shape index (κ2) is 6.98. The van der Waals surface area contributed by atoms with Gasteiger partial charge in [0.2, 0.25) is 11.1 Å². The Morgan fingerprint density at radius 1 is 1.25 bits per heavy atom. The van der Waals surface area contributed by atoms with E-state index in [0.29, 0.717) is 12.0 Å². The van der Waals surface area contributed by atoms with E-state index in [9.17, 15) is 0 Å². The van der Waals surface area contributed by atoms with Gasteiger partial charge < -0.3 is 15.0 Å². The number of aryl methyl sites for hydroxylation is 1. The average molecular weight is 346 g/mol. The quantitative estimate of drug-likeness (QED) is 0.909. The smallest absolute Gasteiger partial charge is 0.225 e. The van der Waals surface area contributed by atoms with E-state index in [0.717, 1.165) is 67.3 Å². The van der Waals surface area contributed by atoms with Crippen LogP contribution in [0.25, 0.3) is 0 Å². The Labute approximate surface area is 145 Å². The van der Waals surface area contributed by atoms with Crippen molar-refractivity contribution >= 4 is 22.4 Å². The van der Waals surface area contributed by atoms with Crippen LogP contribution in [0, 0.1) is 6.92 Å². The van der Waals surface area contributed by atoms with Gasteiger partial charge >= 0.3 is 0 Å². The fraction of sp³-hybridized carbons (Fsp3) is 0.625. The molecule has 128 valence electrons. The summed E-state index contributed by atoms with van der Waals surface area (Å²) in [5.74, 6) is 1.35. The summed E-state index contributed by atoms with van der Waals surface area (Å²) >= 11 is 1.60. The standard InChI is InChI=1S/C16H22N6OS/c1-11-20-21-16(24-11)18-13-3-7-22(10-13)15-17-6-2-14(19-15)12-4-8-23-9-5-12/h2,6,12-13H,3-5,7-10H2,1H3,(H,18,21). The molecular weight excluding hydrogens is 324 g/mol. The van der Waals surface area contributed by atoms with Crippen molar-refractivity contribution in [3.63, 3.8) is 0 Å². The number of ether oxygens (including phenoxy) is 1. The zero-order chi connectivity index (χ0) is 16.4. The van der Waals surface area contributed by atoms with Crippen molar-refractivity contribution in [1.29, 1.82) is 0 Å². The fourth-order valence-corrected chi connectivity index (χ4v) is 3.99. The SMILES string of the molecule is Cc1nnc(NC2CCN(c3nccc(C4CCOCC4)n3)C2)s1. The summed E-state index contributed by atoms with van der Waals surface area (Å²) in [5.41, 5.74) is 1.15. The Bertz CT molecular complexity index is 687. The van der Waals surface area contributed by atoms with Crippen LogP contribution in [-0.2, 0) is 4.74 Å². The third kappa shape index (κ3) is 3.49. The monoisotopic (exact) mass is 346 g/mol. The van der Waals surface area contributed by atoms with Gasteiger partial charge in [0, 0.05) is 50.2 Å². The Kier molecular flexibility index (Phi) is 4.57. The first-order valence-electron chi connectivity index (χ1n) is 8.50. The number of aromatic nitrogens is 4. The van der Waals surface area contributed by atoms with Gasteiger partial charge in [0.05, 0.1) is 0 Å². The molecule has 4 rings (SSSR count). The van der Waals surface area contributed by atoms with Crippen molar-refractivity contribution < 1.29 is 4.74 Å². The van der Waals surface area contributed by atoms with Crippen molar-refractivity contribution in [2.45, 2.75) is 38.1 Å². The molecule has 1 unspecified atom stereocenters. The number of hydrogen-bond donors (Lipinski definition) is 1. The predicted molar refractivity (Wildman–Crippen MR) is 93.7 cm³/mol. The van der Waals surface area contributed by atoms with E-state index in [4.69, 9.17) is 9.72 Å². The maximum atomic E-state index is 5.45. The predicted octanol–water partition coefficient (Wildman–Crippen LogP) is 2.22. The minimum Gasteiger partial charge on any atom is -0.381 e. The molecule has 1 N–H and O–H groups in total. The third-order valence-corrected chi connectivity index (χ3v) is 5.40. The first kappa shape index (κ1) is 15.7. The summed E-state index contributed by atoms with van der Waals surface area (Å²) in [6, 6.07) is 2.42. The number of anilines is 2. The van der Waals surface area contributed by atoms with Crippen LogP contribution < -0.4 is 10.2 Å². The molecule has 8 heteroatoms. The fourth-order valence-electron chi connectivity index (χ4n) is 3.32. The molecule has 0 radical (unpaired) electrons. The summed E-state index contributed by atoms with van der Waals surface area (Å²) < 4.78 is 5.45. The molecule has 2 saturated heterocycles. The van der Waals surface area contributed by atoms with Crippen molar-refractivity contribution in [2.24, 2.45) is 0 Å². The first-order chi connectivity index (χ1) is 11.8. The lowest BCUT2D eigenvalue weighted by Crippen LogP contribution is -2.27. The summed E-state index contributed by atoms with van der Waals surface area (Å²) in [4.78, 5) is 11.6. The van der Waals surface area contributed by atoms with Gasteiger partial charge in [-0.25, -0.2) is 9.97 Å². The van der Waals surface area contributed by atoms with E-state index in [1.165, 1.54) is 0 Å². The maximum absolute atomic E-state index is 5.45. The largest absolute Gasteiger partial charge is 0.381 e. The molecule has 2 aromatic rings. The van der Waals surface area contributed by atoms with E-state index in [2.05, 4.69) is 31.5 Å². The Morgan fingerprint density at radius 3 is 2.92 bits per heavy atom. The average Bonchev–Trinajstić information content (AvgIpc) is 3.25. The minimum absolute atomic E-state index is 0.368. The molecule has 0 amide bonds. The van der Waals surface area contributed by atoms with Crippen LogP contribution in [0.5, 0.6) is 0 Å². The topological polar surface area (TPSA) is 76.1 Å². The van der Waals surface area contributed by atoms with Crippen LogP contribution in [0.1, 0.15) is 35.9 Å². The van der Waals surface area contributed by atoms with Crippen LogP contribution >= 0.6 is 11.3 Å². The lowest BCUT2D eigenvalue weighted by atomic mass is 9.96. The summed E-state index contributed by atoms with van der Waals surface area (Å²) in [6.45, 7) is 5.50. The highest BCUT2D eigenvalue weighted by Gasteiger charge is 2.26. The maximum Gasteiger partial charge on any atom is 0.225 e. The molecule has 4 heterocycles. The molecule has 7 nitrogen and oxygen atoms in total. The molecule has 0 aliphatic carbocycles. The van der Waals surface area contributed by atoms with Gasteiger partial charge in [-0.1, -0.05) is 11.3 Å². The molecule has 1 atom stereocenters. The number of hydrogen-bond acceptors (Lipinski definition) is 8. The van der Waals surface area contributed by atoms with E-state index in [1.54, 1.807) is 11.3 Å². The van der Waals surface area contributed by atoms with E-state index in [-0.39, 0.29) is 0 Å². The Balaban J connectivity index is 1.41. The summed E-state index contributed by atoms with van der Waals surface area (Å²) in [6.07, 6.45) is 5.06.